The molecule has 1 saturated carbocycles. The van der Waals surface area contributed by atoms with Crippen LogP contribution in [-0.4, -0.2) is 26.6 Å². The Kier molecular flexibility index (Phi) is 4.22. The number of carbonyl (C=O) groups excluding carboxylic acids is 1. The van der Waals surface area contributed by atoms with Gasteiger partial charge in [-0.1, -0.05) is 18.2 Å². The van der Waals surface area contributed by atoms with Crippen LogP contribution in [0.15, 0.2) is 35.6 Å². The van der Waals surface area contributed by atoms with E-state index < -0.39 is 5.54 Å². The summed E-state index contributed by atoms with van der Waals surface area (Å²) < 4.78 is 16.3. The SMILES string of the molecule is Cn1cc(C(=O)Nc2ccc(F)c(C34CCCC3CSC(N)=N4)c2)cn1. The number of nitrogens with two attached hydrogens (primary N) is 1. The highest BCUT2D eigenvalue weighted by molar-refractivity contribution is 8.13. The fourth-order valence-corrected chi connectivity index (χ4v) is 4.98. The van der Waals surface area contributed by atoms with Crippen LogP contribution >= 0.6 is 11.8 Å². The standard InChI is InChI=1S/C18H20FN5OS/c1-24-9-11(8-21-24)16(25)22-13-4-5-15(19)14(7-13)18-6-2-3-12(18)10-26-17(20)23-18/h4-5,7-9,12H,2-3,6,10H2,1H3,(H2,20,23)(H,22,25). The summed E-state index contributed by atoms with van der Waals surface area (Å²) in [6, 6.07) is 4.67. The lowest BCUT2D eigenvalue weighted by atomic mass is 9.81. The minimum absolute atomic E-state index is 0.263. The zero-order chi connectivity index (χ0) is 18.3. The predicted octanol–water partition coefficient (Wildman–Crippen LogP) is 2.87. The number of carbonyl (C=O) groups is 1. The minimum atomic E-state index is -0.617. The number of hydrogen-bond donors (Lipinski definition) is 2. The topological polar surface area (TPSA) is 85.3 Å². The molecule has 1 aromatic heterocycles. The number of halogens is 1. The van der Waals surface area contributed by atoms with Crippen molar-refractivity contribution in [3.05, 3.63) is 47.5 Å². The molecule has 2 heterocycles. The molecule has 1 aromatic carbocycles. The lowest BCUT2D eigenvalue weighted by molar-refractivity contribution is 0.102. The molecule has 136 valence electrons. The van der Waals surface area contributed by atoms with Crippen LogP contribution in [0.25, 0.3) is 0 Å². The Hall–Kier alpha value is -2.35. The van der Waals surface area contributed by atoms with E-state index in [2.05, 4.69) is 15.4 Å². The Morgan fingerprint density at radius 2 is 2.35 bits per heavy atom. The molecule has 2 aromatic rings. The summed E-state index contributed by atoms with van der Waals surface area (Å²) in [4.78, 5) is 17.0. The number of rotatable bonds is 3. The van der Waals surface area contributed by atoms with E-state index in [1.807, 2.05) is 0 Å². The second-order valence-corrected chi connectivity index (χ2v) is 7.87. The second-order valence-electron chi connectivity index (χ2n) is 6.83. The summed E-state index contributed by atoms with van der Waals surface area (Å²) in [6.07, 6.45) is 5.91. The molecule has 1 aliphatic carbocycles. The van der Waals surface area contributed by atoms with Gasteiger partial charge in [0.15, 0.2) is 5.17 Å². The van der Waals surface area contributed by atoms with E-state index in [-0.39, 0.29) is 17.6 Å². The van der Waals surface area contributed by atoms with Gasteiger partial charge in [-0.3, -0.25) is 14.5 Å². The van der Waals surface area contributed by atoms with Gasteiger partial charge in [-0.15, -0.1) is 0 Å². The number of nitrogens with one attached hydrogen (secondary N) is 1. The van der Waals surface area contributed by atoms with Crippen LogP contribution in [0.4, 0.5) is 10.1 Å². The average Bonchev–Trinajstić information content (AvgIpc) is 3.23. The van der Waals surface area contributed by atoms with Gasteiger partial charge in [-0.05, 0) is 37.0 Å². The monoisotopic (exact) mass is 373 g/mol. The van der Waals surface area contributed by atoms with E-state index in [9.17, 15) is 9.18 Å². The normalized spacial score (nSPS) is 24.8. The molecule has 0 bridgehead atoms. The Balaban J connectivity index is 1.68. The van der Waals surface area contributed by atoms with Crippen LogP contribution in [0.2, 0.25) is 0 Å². The zero-order valence-corrected chi connectivity index (χ0v) is 15.2. The second kappa shape index (κ2) is 6.42. The average molecular weight is 373 g/mol. The van der Waals surface area contributed by atoms with E-state index in [1.54, 1.807) is 30.1 Å². The highest BCUT2D eigenvalue weighted by Crippen LogP contribution is 2.51. The smallest absolute Gasteiger partial charge is 0.258 e. The maximum absolute atomic E-state index is 14.7. The maximum atomic E-state index is 14.7. The summed E-state index contributed by atoms with van der Waals surface area (Å²) in [6.45, 7) is 0. The molecule has 0 spiro atoms. The van der Waals surface area contributed by atoms with Crippen molar-refractivity contribution in [2.24, 2.45) is 23.7 Å². The van der Waals surface area contributed by atoms with E-state index in [1.165, 1.54) is 24.0 Å². The number of hydrogen-bond acceptors (Lipinski definition) is 5. The first kappa shape index (κ1) is 17.1. The number of nitrogens with zero attached hydrogens (tertiary/aromatic N) is 3. The Morgan fingerprint density at radius 1 is 1.50 bits per heavy atom. The fourth-order valence-electron chi connectivity index (χ4n) is 3.94. The van der Waals surface area contributed by atoms with Crippen molar-refractivity contribution in [3.63, 3.8) is 0 Å². The van der Waals surface area contributed by atoms with Gasteiger partial charge in [0.25, 0.3) is 5.91 Å². The lowest BCUT2D eigenvalue weighted by Gasteiger charge is -2.36. The summed E-state index contributed by atoms with van der Waals surface area (Å²) in [5.41, 5.74) is 6.87. The molecule has 2 unspecified atom stereocenters. The molecule has 0 saturated heterocycles. The van der Waals surface area contributed by atoms with Crippen molar-refractivity contribution in [1.29, 1.82) is 0 Å². The van der Waals surface area contributed by atoms with Crippen LogP contribution in [0.5, 0.6) is 0 Å². The van der Waals surface area contributed by atoms with Crippen LogP contribution in [0, 0.1) is 11.7 Å². The van der Waals surface area contributed by atoms with Gasteiger partial charge >= 0.3 is 0 Å². The van der Waals surface area contributed by atoms with Crippen molar-refractivity contribution in [2.75, 3.05) is 11.1 Å². The molecule has 6 nitrogen and oxygen atoms in total. The van der Waals surface area contributed by atoms with E-state index in [4.69, 9.17) is 5.73 Å². The number of anilines is 1. The Bertz CT molecular complexity index is 895. The first-order valence-electron chi connectivity index (χ1n) is 8.56. The first-order valence-corrected chi connectivity index (χ1v) is 9.55. The largest absolute Gasteiger partial charge is 0.379 e. The van der Waals surface area contributed by atoms with Gasteiger partial charge in [0.05, 0.1) is 17.3 Å². The molecule has 1 amide bonds. The van der Waals surface area contributed by atoms with E-state index in [0.717, 1.165) is 25.0 Å². The highest BCUT2D eigenvalue weighted by atomic mass is 32.2. The summed E-state index contributed by atoms with van der Waals surface area (Å²) in [5.74, 6) is 0.526. The number of aromatic nitrogens is 2. The minimum Gasteiger partial charge on any atom is -0.379 e. The Labute approximate surface area is 155 Å². The number of aryl methyl sites for hydroxylation is 1. The molecular weight excluding hydrogens is 353 g/mol. The van der Waals surface area contributed by atoms with Gasteiger partial charge in [0.1, 0.15) is 5.82 Å². The third-order valence-electron chi connectivity index (χ3n) is 5.19. The maximum Gasteiger partial charge on any atom is 0.258 e. The number of amidine groups is 1. The Morgan fingerprint density at radius 3 is 3.12 bits per heavy atom. The van der Waals surface area contributed by atoms with E-state index in [0.29, 0.717) is 22.0 Å². The summed E-state index contributed by atoms with van der Waals surface area (Å²) in [5, 5.41) is 7.33. The van der Waals surface area contributed by atoms with Crippen molar-refractivity contribution < 1.29 is 9.18 Å². The molecule has 1 fully saturated rings. The molecule has 3 N–H and O–H groups in total. The molecule has 8 heteroatoms. The first-order chi connectivity index (χ1) is 12.5. The number of fused-ring (bicyclic) bond motifs is 1. The molecule has 2 aliphatic rings. The number of thioether (sulfide) groups is 1. The highest BCUT2D eigenvalue weighted by Gasteiger charge is 2.48. The summed E-state index contributed by atoms with van der Waals surface area (Å²) in [7, 11) is 1.75. The van der Waals surface area contributed by atoms with Crippen LogP contribution in [0.3, 0.4) is 0 Å². The zero-order valence-electron chi connectivity index (χ0n) is 14.4. The summed E-state index contributed by atoms with van der Waals surface area (Å²) >= 11 is 1.53. The third kappa shape index (κ3) is 2.88. The molecule has 26 heavy (non-hydrogen) atoms. The molecular formula is C18H20FN5OS. The van der Waals surface area contributed by atoms with Gasteiger partial charge in [-0.25, -0.2) is 4.39 Å². The van der Waals surface area contributed by atoms with Gasteiger partial charge in [0.2, 0.25) is 0 Å². The predicted molar refractivity (Wildman–Crippen MR) is 101 cm³/mol. The van der Waals surface area contributed by atoms with Crippen molar-refractivity contribution in [1.82, 2.24) is 9.78 Å². The third-order valence-corrected chi connectivity index (χ3v) is 6.14. The molecule has 2 atom stereocenters. The number of benzene rings is 1. The number of amides is 1. The van der Waals surface area contributed by atoms with E-state index >= 15 is 0 Å². The quantitative estimate of drug-likeness (QED) is 0.866. The van der Waals surface area contributed by atoms with Crippen molar-refractivity contribution in [3.8, 4) is 0 Å². The van der Waals surface area contributed by atoms with Gasteiger partial charge < -0.3 is 11.1 Å². The van der Waals surface area contributed by atoms with Crippen molar-refractivity contribution in [2.45, 2.75) is 24.8 Å². The van der Waals surface area contributed by atoms with Crippen LogP contribution in [-0.2, 0) is 12.6 Å². The van der Waals surface area contributed by atoms with Crippen molar-refractivity contribution >= 4 is 28.5 Å². The lowest BCUT2D eigenvalue weighted by Crippen LogP contribution is -2.37. The molecule has 4 rings (SSSR count). The van der Waals surface area contributed by atoms with Crippen LogP contribution < -0.4 is 11.1 Å². The van der Waals surface area contributed by atoms with Gasteiger partial charge in [-0.2, -0.15) is 5.10 Å². The van der Waals surface area contributed by atoms with Crippen LogP contribution in [0.1, 0.15) is 35.2 Å². The van der Waals surface area contributed by atoms with Gasteiger partial charge in [0, 0.05) is 30.2 Å². The molecule has 1 aliphatic heterocycles. The fraction of sp³-hybridized carbons (Fsp3) is 0.389. The number of aliphatic imine (C=N–C) groups is 1. The molecule has 0 radical (unpaired) electrons.